The van der Waals surface area contributed by atoms with Gasteiger partial charge in [0.15, 0.2) is 11.1 Å². The number of hydrogen-bond acceptors (Lipinski definition) is 6. The summed E-state index contributed by atoms with van der Waals surface area (Å²) in [6, 6.07) is 15.0. The summed E-state index contributed by atoms with van der Waals surface area (Å²) in [5, 5.41) is 4.99. The highest BCUT2D eigenvalue weighted by Gasteiger charge is 2.48. The Morgan fingerprint density at radius 1 is 1.20 bits per heavy atom. The Bertz CT molecular complexity index is 1210. The van der Waals surface area contributed by atoms with Crippen molar-refractivity contribution in [3.8, 4) is 18.1 Å². The largest absolute Gasteiger partial charge is 0.494 e. The van der Waals surface area contributed by atoms with Gasteiger partial charge in [0.2, 0.25) is 5.89 Å². The predicted molar refractivity (Wildman–Crippen MR) is 112 cm³/mol. The van der Waals surface area contributed by atoms with Crippen LogP contribution in [0.5, 0.6) is 5.75 Å². The molecule has 2 N–H and O–H groups in total. The van der Waals surface area contributed by atoms with E-state index in [2.05, 4.69) is 21.6 Å². The van der Waals surface area contributed by atoms with Crippen molar-refractivity contribution in [2.75, 3.05) is 7.11 Å². The molecule has 7 nitrogen and oxygen atoms in total. The van der Waals surface area contributed by atoms with Crippen molar-refractivity contribution >= 4 is 22.6 Å². The van der Waals surface area contributed by atoms with Crippen LogP contribution in [0.2, 0.25) is 0 Å². The van der Waals surface area contributed by atoms with E-state index in [0.717, 1.165) is 5.56 Å². The monoisotopic (exact) mass is 400 g/mol. The number of nitrogens with one attached hydrogen (secondary N) is 2. The summed E-state index contributed by atoms with van der Waals surface area (Å²) in [6.07, 6.45) is 5.47. The van der Waals surface area contributed by atoms with E-state index in [1.807, 2.05) is 43.3 Å². The maximum atomic E-state index is 13.5. The molecule has 2 aliphatic rings. The van der Waals surface area contributed by atoms with Crippen LogP contribution in [0.3, 0.4) is 0 Å². The van der Waals surface area contributed by atoms with Crippen LogP contribution < -0.4 is 15.5 Å². The van der Waals surface area contributed by atoms with Crippen LogP contribution in [-0.2, 0) is 4.79 Å². The van der Waals surface area contributed by atoms with Gasteiger partial charge in [0.05, 0.1) is 19.1 Å². The van der Waals surface area contributed by atoms with E-state index in [4.69, 9.17) is 15.6 Å². The highest BCUT2D eigenvalue weighted by Crippen LogP contribution is 2.37. The van der Waals surface area contributed by atoms with Gasteiger partial charge < -0.3 is 14.5 Å². The number of hydrogen-bond donors (Lipinski definition) is 2. The number of carbonyl (C=O) groups excluding carboxylic acids is 1. The molecule has 1 fully saturated rings. The number of ether oxygens (including phenoxy) is 1. The van der Waals surface area contributed by atoms with Crippen molar-refractivity contribution in [2.45, 2.75) is 25.0 Å². The Balaban J connectivity index is 1.57. The SMILES string of the molecule is C#CC1NN2C(=O)C(c3nc4c(OC)cccc4o3)=C(C)NC2C1c1ccccc1. The third kappa shape index (κ3) is 2.65. The normalized spacial score (nSPS) is 23.3. The molecule has 1 amide bonds. The molecule has 3 heterocycles. The van der Waals surface area contributed by atoms with Gasteiger partial charge in [0.1, 0.15) is 17.5 Å². The van der Waals surface area contributed by atoms with E-state index >= 15 is 0 Å². The van der Waals surface area contributed by atoms with Crippen molar-refractivity contribution in [3.05, 3.63) is 65.7 Å². The molecule has 3 atom stereocenters. The Kier molecular flexibility index (Phi) is 4.23. The molecular weight excluding hydrogens is 380 g/mol. The molecule has 0 radical (unpaired) electrons. The Hall–Kier alpha value is -3.76. The van der Waals surface area contributed by atoms with E-state index < -0.39 is 0 Å². The molecule has 150 valence electrons. The van der Waals surface area contributed by atoms with Crippen LogP contribution in [0.1, 0.15) is 24.3 Å². The van der Waals surface area contributed by atoms with Gasteiger partial charge in [-0.15, -0.1) is 6.42 Å². The minimum atomic E-state index is -0.329. The number of carbonyl (C=O) groups is 1. The van der Waals surface area contributed by atoms with Gasteiger partial charge in [0.25, 0.3) is 5.91 Å². The first kappa shape index (κ1) is 18.3. The van der Waals surface area contributed by atoms with Crippen molar-refractivity contribution in [2.24, 2.45) is 0 Å². The van der Waals surface area contributed by atoms with Gasteiger partial charge >= 0.3 is 0 Å². The van der Waals surface area contributed by atoms with Crippen LogP contribution >= 0.6 is 0 Å². The van der Waals surface area contributed by atoms with Gasteiger partial charge in [0, 0.05) is 5.70 Å². The van der Waals surface area contributed by atoms with E-state index in [0.29, 0.717) is 28.1 Å². The summed E-state index contributed by atoms with van der Waals surface area (Å²) >= 11 is 0. The standard InChI is InChI=1S/C23H20N4O3/c1-4-15-19(14-9-6-5-7-10-14)21-24-13(2)18(23(28)27(21)26-15)22-25-20-16(29-3)11-8-12-17(20)30-22/h1,5-12,15,19,21,24,26H,2-3H3. The van der Waals surface area contributed by atoms with Gasteiger partial charge in [-0.25, -0.2) is 15.4 Å². The maximum absolute atomic E-state index is 13.5. The van der Waals surface area contributed by atoms with Gasteiger partial charge in [-0.05, 0) is 24.6 Å². The van der Waals surface area contributed by atoms with E-state index in [-0.39, 0.29) is 29.9 Å². The third-order valence-electron chi connectivity index (χ3n) is 5.61. The van der Waals surface area contributed by atoms with Crippen LogP contribution in [0.15, 0.2) is 58.6 Å². The zero-order valence-corrected chi connectivity index (χ0v) is 16.5. The van der Waals surface area contributed by atoms with Gasteiger partial charge in [-0.3, -0.25) is 4.79 Å². The van der Waals surface area contributed by atoms with Gasteiger partial charge in [-0.1, -0.05) is 42.3 Å². The number of benzene rings is 2. The number of amides is 1. The van der Waals surface area contributed by atoms with Crippen LogP contribution in [0, 0.1) is 12.3 Å². The lowest BCUT2D eigenvalue weighted by Crippen LogP contribution is -2.54. The highest BCUT2D eigenvalue weighted by molar-refractivity contribution is 6.20. The molecule has 3 aromatic rings. The second-order valence-electron chi connectivity index (χ2n) is 7.30. The summed E-state index contributed by atoms with van der Waals surface area (Å²) in [5.74, 6) is 3.27. The molecule has 3 unspecified atom stereocenters. The average molecular weight is 400 g/mol. The molecule has 1 aromatic heterocycles. The topological polar surface area (TPSA) is 79.6 Å². The minimum absolute atomic E-state index is 0.0969. The fourth-order valence-corrected chi connectivity index (χ4v) is 4.21. The van der Waals surface area contributed by atoms with Crippen molar-refractivity contribution in [1.82, 2.24) is 20.7 Å². The van der Waals surface area contributed by atoms with Crippen molar-refractivity contribution in [1.29, 1.82) is 0 Å². The van der Waals surface area contributed by atoms with E-state index in [1.54, 1.807) is 24.3 Å². The number of nitrogens with zero attached hydrogens (tertiary/aromatic N) is 2. The molecule has 2 aliphatic heterocycles. The molecule has 0 saturated carbocycles. The smallest absolute Gasteiger partial charge is 0.277 e. The molecule has 2 aromatic carbocycles. The van der Waals surface area contributed by atoms with Crippen molar-refractivity contribution in [3.63, 3.8) is 0 Å². The lowest BCUT2D eigenvalue weighted by molar-refractivity contribution is -0.130. The molecular formula is C23H20N4O3. The van der Waals surface area contributed by atoms with E-state index in [9.17, 15) is 4.79 Å². The number of oxazole rings is 1. The van der Waals surface area contributed by atoms with Crippen LogP contribution in [-0.4, -0.2) is 35.2 Å². The van der Waals surface area contributed by atoms with Crippen molar-refractivity contribution < 1.29 is 13.9 Å². The van der Waals surface area contributed by atoms with Crippen LogP contribution in [0.25, 0.3) is 16.7 Å². The van der Waals surface area contributed by atoms with E-state index in [1.165, 1.54) is 0 Å². The number of allylic oxidation sites excluding steroid dienone is 1. The molecule has 0 bridgehead atoms. The zero-order valence-electron chi connectivity index (χ0n) is 16.5. The summed E-state index contributed by atoms with van der Waals surface area (Å²) in [7, 11) is 1.57. The number of methoxy groups -OCH3 is 1. The molecule has 30 heavy (non-hydrogen) atoms. The number of para-hydroxylation sites is 1. The third-order valence-corrected chi connectivity index (χ3v) is 5.61. The molecule has 7 heteroatoms. The number of hydrazine groups is 1. The quantitative estimate of drug-likeness (QED) is 0.658. The summed E-state index contributed by atoms with van der Waals surface area (Å²) in [4.78, 5) is 18.0. The molecule has 0 spiro atoms. The maximum Gasteiger partial charge on any atom is 0.277 e. The fraction of sp³-hybridized carbons (Fsp3) is 0.217. The fourth-order valence-electron chi connectivity index (χ4n) is 4.21. The molecule has 5 rings (SSSR count). The minimum Gasteiger partial charge on any atom is -0.494 e. The summed E-state index contributed by atoms with van der Waals surface area (Å²) < 4.78 is 11.3. The highest BCUT2D eigenvalue weighted by atomic mass is 16.5. The lowest BCUT2D eigenvalue weighted by atomic mass is 9.89. The second-order valence-corrected chi connectivity index (χ2v) is 7.30. The Morgan fingerprint density at radius 3 is 2.73 bits per heavy atom. The Labute approximate surface area is 173 Å². The summed E-state index contributed by atoms with van der Waals surface area (Å²) in [6.45, 7) is 1.85. The summed E-state index contributed by atoms with van der Waals surface area (Å²) in [5.41, 5.74) is 6.41. The zero-order chi connectivity index (χ0) is 20.8. The predicted octanol–water partition coefficient (Wildman–Crippen LogP) is 2.63. The van der Waals surface area contributed by atoms with Crippen LogP contribution in [0.4, 0.5) is 0 Å². The number of terminal acetylenes is 1. The lowest BCUT2D eigenvalue weighted by Gasteiger charge is -2.34. The number of aromatic nitrogens is 1. The second kappa shape index (κ2) is 6.94. The Morgan fingerprint density at radius 2 is 2.00 bits per heavy atom. The van der Waals surface area contributed by atoms with Gasteiger partial charge in [-0.2, -0.15) is 0 Å². The number of fused-ring (bicyclic) bond motifs is 2. The number of rotatable bonds is 3. The first-order valence-electron chi connectivity index (χ1n) is 9.64. The first-order chi connectivity index (χ1) is 14.6. The molecule has 1 saturated heterocycles. The molecule has 0 aliphatic carbocycles. The first-order valence-corrected chi connectivity index (χ1v) is 9.64. The average Bonchev–Trinajstić information content (AvgIpc) is 3.35.